The second kappa shape index (κ2) is 18.1. The zero-order valence-electron chi connectivity index (χ0n) is 36.4. The van der Waals surface area contributed by atoms with Gasteiger partial charge in [0.1, 0.15) is 7.85 Å². The molecule has 3 heteroatoms. The average Bonchev–Trinajstić information content (AvgIpc) is 3.27. The minimum Gasteiger partial charge on any atom is -0.311 e. The summed E-state index contributed by atoms with van der Waals surface area (Å²) in [5.41, 5.74) is 15.1. The van der Waals surface area contributed by atoms with Gasteiger partial charge in [-0.05, 0) is 154 Å². The molecule has 0 saturated heterocycles. The SMILES string of the molecule is BC(C)(CC)c1ccc(N(c2ccc(-c3ccc(N(c4ccc(C(C)CC)cc4)c4ccc(C(C)(CC)CC)cc4)cc3)cc2)c2ccc(C(C)CC)cc2)cc1. The quantitative estimate of drug-likeness (QED) is 0.0909. The third-order valence-electron chi connectivity index (χ3n) is 13.4. The van der Waals surface area contributed by atoms with Crippen molar-refractivity contribution >= 4 is 42.0 Å². The smallest absolute Gasteiger partial charge is 0.114 e. The van der Waals surface area contributed by atoms with E-state index in [1.54, 1.807) is 0 Å². The van der Waals surface area contributed by atoms with Crippen LogP contribution in [0.2, 0.25) is 0 Å². The van der Waals surface area contributed by atoms with Crippen LogP contribution >= 0.6 is 0 Å². The largest absolute Gasteiger partial charge is 0.311 e. The number of anilines is 6. The Morgan fingerprint density at radius 1 is 0.404 bits per heavy atom. The number of hydrogen-bond donors (Lipinski definition) is 0. The third-order valence-corrected chi connectivity index (χ3v) is 13.4. The fraction of sp³-hybridized carbons (Fsp3) is 0.333. The molecule has 0 aliphatic carbocycles. The monoisotopic (exact) mass is 753 g/mol. The van der Waals surface area contributed by atoms with Crippen LogP contribution in [0.4, 0.5) is 34.1 Å². The van der Waals surface area contributed by atoms with E-state index in [0.717, 1.165) is 43.5 Å². The van der Waals surface area contributed by atoms with Gasteiger partial charge in [0.2, 0.25) is 0 Å². The van der Waals surface area contributed by atoms with Crippen LogP contribution < -0.4 is 9.80 Å². The van der Waals surface area contributed by atoms with Gasteiger partial charge in [-0.3, -0.25) is 0 Å². The third kappa shape index (κ3) is 9.09. The lowest BCUT2D eigenvalue weighted by Crippen LogP contribution is -2.20. The molecule has 0 saturated carbocycles. The normalized spacial score (nSPS) is 13.8. The molecule has 3 unspecified atom stereocenters. The van der Waals surface area contributed by atoms with Gasteiger partial charge in [0.25, 0.3) is 0 Å². The van der Waals surface area contributed by atoms with Gasteiger partial charge in [-0.25, -0.2) is 0 Å². The molecule has 0 radical (unpaired) electrons. The van der Waals surface area contributed by atoms with Crippen molar-refractivity contribution in [3.05, 3.63) is 168 Å². The van der Waals surface area contributed by atoms with Crippen molar-refractivity contribution < 1.29 is 0 Å². The zero-order chi connectivity index (χ0) is 40.7. The molecule has 0 N–H and O–H groups in total. The molecule has 0 bridgehead atoms. The molecule has 6 rings (SSSR count). The van der Waals surface area contributed by atoms with E-state index in [2.05, 4.69) is 226 Å². The van der Waals surface area contributed by atoms with Crippen LogP contribution in [0.25, 0.3) is 11.1 Å². The first-order valence-corrected chi connectivity index (χ1v) is 21.7. The van der Waals surface area contributed by atoms with E-state index in [0.29, 0.717) is 11.8 Å². The van der Waals surface area contributed by atoms with Crippen LogP contribution in [0, 0.1) is 0 Å². The average molecular weight is 753 g/mol. The predicted octanol–water partition coefficient (Wildman–Crippen LogP) is 15.7. The number of nitrogens with zero attached hydrogens (tertiary/aromatic N) is 2. The Morgan fingerprint density at radius 2 is 0.684 bits per heavy atom. The number of benzene rings is 6. The first-order chi connectivity index (χ1) is 27.4. The molecule has 294 valence electrons. The van der Waals surface area contributed by atoms with Crippen molar-refractivity contribution in [1.29, 1.82) is 0 Å². The molecule has 57 heavy (non-hydrogen) atoms. The van der Waals surface area contributed by atoms with Gasteiger partial charge in [-0.1, -0.05) is 142 Å². The summed E-state index contributed by atoms with van der Waals surface area (Å²) in [4.78, 5) is 4.78. The fourth-order valence-electron chi connectivity index (χ4n) is 7.81. The highest BCUT2D eigenvalue weighted by atomic mass is 15.1. The topological polar surface area (TPSA) is 6.48 Å². The minimum absolute atomic E-state index is 0.142. The second-order valence-corrected chi connectivity index (χ2v) is 17.2. The lowest BCUT2D eigenvalue weighted by atomic mass is 9.64. The highest BCUT2D eigenvalue weighted by Crippen LogP contribution is 2.41. The molecular weight excluding hydrogens is 687 g/mol. The van der Waals surface area contributed by atoms with E-state index in [-0.39, 0.29) is 10.7 Å². The molecule has 0 aliphatic heterocycles. The predicted molar refractivity (Wildman–Crippen MR) is 253 cm³/mol. The molecule has 0 aromatic heterocycles. The summed E-state index contributed by atoms with van der Waals surface area (Å²) in [6.45, 7) is 20.7. The summed E-state index contributed by atoms with van der Waals surface area (Å²) in [5.74, 6) is 1.08. The Balaban J connectivity index is 1.33. The van der Waals surface area contributed by atoms with E-state index in [1.807, 2.05) is 0 Å². The van der Waals surface area contributed by atoms with Crippen molar-refractivity contribution in [1.82, 2.24) is 0 Å². The Hall–Kier alpha value is -5.02. The van der Waals surface area contributed by atoms with Crippen molar-refractivity contribution in [3.8, 4) is 11.1 Å². The summed E-state index contributed by atoms with van der Waals surface area (Å²) in [5, 5.41) is 0.142. The van der Waals surface area contributed by atoms with Crippen molar-refractivity contribution in [2.75, 3.05) is 9.80 Å². The summed E-state index contributed by atoms with van der Waals surface area (Å²) in [7, 11) is 2.33. The number of hydrogen-bond acceptors (Lipinski definition) is 2. The molecule has 0 spiro atoms. The molecular formula is C54H65BN2. The Labute approximate surface area is 346 Å². The molecule has 6 aromatic carbocycles. The van der Waals surface area contributed by atoms with Gasteiger partial charge in [-0.15, -0.1) is 0 Å². The van der Waals surface area contributed by atoms with E-state index in [4.69, 9.17) is 0 Å². The Kier molecular flexibility index (Phi) is 13.2. The first kappa shape index (κ1) is 41.6. The van der Waals surface area contributed by atoms with Gasteiger partial charge in [0.05, 0.1) is 0 Å². The summed E-state index contributed by atoms with van der Waals surface area (Å²) < 4.78 is 0. The van der Waals surface area contributed by atoms with Crippen LogP contribution in [0.15, 0.2) is 146 Å². The van der Waals surface area contributed by atoms with Gasteiger partial charge in [-0.2, -0.15) is 0 Å². The van der Waals surface area contributed by atoms with Crippen LogP contribution in [0.1, 0.15) is 129 Å². The fourth-order valence-corrected chi connectivity index (χ4v) is 7.81. The van der Waals surface area contributed by atoms with Crippen molar-refractivity contribution in [3.63, 3.8) is 0 Å². The molecule has 0 heterocycles. The van der Waals surface area contributed by atoms with Crippen LogP contribution in [0.3, 0.4) is 0 Å². The Bertz CT molecular complexity index is 2140. The lowest BCUT2D eigenvalue weighted by Gasteiger charge is -2.30. The van der Waals surface area contributed by atoms with Gasteiger partial charge in [0, 0.05) is 34.1 Å². The van der Waals surface area contributed by atoms with E-state index in [1.165, 1.54) is 56.1 Å². The molecule has 0 amide bonds. The standard InChI is InChI=1S/C54H65BN2/c1-10-39(6)41-15-27-47(28-16-41)56(51-35-23-45(24-36-51)53(8,12-3)13-4)49-31-19-43(20-32-49)44-21-33-50(34-22-44)57(48-29-17-42(18-30-48)40(7)11-2)52-37-25-46(26-38-52)54(9,55)14-5/h15-40H,10-14,55H2,1-9H3. The summed E-state index contributed by atoms with van der Waals surface area (Å²) in [6, 6.07) is 54.9. The summed E-state index contributed by atoms with van der Waals surface area (Å²) >= 11 is 0. The van der Waals surface area contributed by atoms with Gasteiger partial charge >= 0.3 is 0 Å². The maximum absolute atomic E-state index is 2.39. The first-order valence-electron chi connectivity index (χ1n) is 21.7. The number of rotatable bonds is 16. The summed E-state index contributed by atoms with van der Waals surface area (Å²) in [6.07, 6.45) is 5.62. The van der Waals surface area contributed by atoms with E-state index >= 15 is 0 Å². The Morgan fingerprint density at radius 3 is 0.965 bits per heavy atom. The minimum atomic E-state index is 0.142. The highest BCUT2D eigenvalue weighted by molar-refractivity contribution is 6.15. The zero-order valence-corrected chi connectivity index (χ0v) is 36.4. The van der Waals surface area contributed by atoms with Crippen molar-refractivity contribution in [2.45, 2.75) is 117 Å². The molecule has 0 fully saturated rings. The van der Waals surface area contributed by atoms with Crippen LogP contribution in [-0.4, -0.2) is 7.85 Å². The maximum Gasteiger partial charge on any atom is 0.114 e. The maximum atomic E-state index is 2.39. The van der Waals surface area contributed by atoms with Crippen LogP contribution in [0.5, 0.6) is 0 Å². The van der Waals surface area contributed by atoms with Crippen molar-refractivity contribution in [2.24, 2.45) is 0 Å². The molecule has 0 aliphatic rings. The van der Waals surface area contributed by atoms with Crippen LogP contribution in [-0.2, 0) is 10.7 Å². The van der Waals surface area contributed by atoms with E-state index < -0.39 is 0 Å². The van der Waals surface area contributed by atoms with Gasteiger partial charge < -0.3 is 9.80 Å². The molecule has 2 nitrogen and oxygen atoms in total. The lowest BCUT2D eigenvalue weighted by molar-refractivity contribution is 0.439. The molecule has 6 aromatic rings. The highest BCUT2D eigenvalue weighted by Gasteiger charge is 2.23. The molecule has 3 atom stereocenters. The van der Waals surface area contributed by atoms with E-state index in [9.17, 15) is 0 Å². The van der Waals surface area contributed by atoms with Gasteiger partial charge in [0.15, 0.2) is 0 Å². The second-order valence-electron chi connectivity index (χ2n) is 17.2.